The van der Waals surface area contributed by atoms with Crippen molar-refractivity contribution in [1.82, 2.24) is 15.5 Å². The number of nitrogens with zero attached hydrogens (tertiary/aromatic N) is 3. The molecule has 0 aromatic heterocycles. The Morgan fingerprint density at radius 2 is 2.12 bits per heavy atom. The van der Waals surface area contributed by atoms with Crippen molar-refractivity contribution in [3.05, 3.63) is 35.1 Å². The van der Waals surface area contributed by atoms with Crippen molar-refractivity contribution in [1.29, 1.82) is 5.26 Å². The lowest BCUT2D eigenvalue weighted by atomic mass is 10.0. The number of halogens is 1. The summed E-state index contributed by atoms with van der Waals surface area (Å²) < 4.78 is 14.0. The van der Waals surface area contributed by atoms with Crippen LogP contribution in [0.25, 0.3) is 0 Å². The second kappa shape index (κ2) is 10.8. The number of rotatable bonds is 7. The number of guanidine groups is 1. The normalized spacial score (nSPS) is 16.3. The van der Waals surface area contributed by atoms with E-state index in [-0.39, 0.29) is 12.4 Å². The Morgan fingerprint density at radius 1 is 1.35 bits per heavy atom. The number of aliphatic imine (C=N–C) groups is 1. The minimum atomic E-state index is -0.382. The van der Waals surface area contributed by atoms with Crippen molar-refractivity contribution in [2.24, 2.45) is 4.99 Å². The molecule has 1 aliphatic rings. The van der Waals surface area contributed by atoms with E-state index in [2.05, 4.69) is 27.4 Å². The van der Waals surface area contributed by atoms with Gasteiger partial charge in [-0.15, -0.1) is 0 Å². The van der Waals surface area contributed by atoms with Crippen molar-refractivity contribution in [2.75, 3.05) is 26.2 Å². The Balaban J connectivity index is 1.90. The molecule has 1 aliphatic heterocycles. The van der Waals surface area contributed by atoms with Gasteiger partial charge in [-0.25, -0.2) is 9.38 Å². The number of hydrogen-bond acceptors (Lipinski definition) is 3. The summed E-state index contributed by atoms with van der Waals surface area (Å²) in [7, 11) is 0. The molecule has 0 spiro atoms. The fourth-order valence-electron chi connectivity index (χ4n) is 3.11. The summed E-state index contributed by atoms with van der Waals surface area (Å²) in [5, 5.41) is 15.5. The third-order valence-corrected chi connectivity index (χ3v) is 4.69. The van der Waals surface area contributed by atoms with Crippen LogP contribution in [-0.4, -0.2) is 43.1 Å². The molecular weight excluding hydrogens is 329 g/mol. The highest BCUT2D eigenvalue weighted by molar-refractivity contribution is 5.80. The number of nitriles is 1. The highest BCUT2D eigenvalue weighted by atomic mass is 19.1. The minimum absolute atomic E-state index is 0.252. The molecule has 26 heavy (non-hydrogen) atoms. The summed E-state index contributed by atoms with van der Waals surface area (Å²) >= 11 is 0. The van der Waals surface area contributed by atoms with Gasteiger partial charge in [0.1, 0.15) is 5.82 Å². The molecule has 1 saturated heterocycles. The molecule has 6 heteroatoms. The van der Waals surface area contributed by atoms with Crippen molar-refractivity contribution < 1.29 is 4.39 Å². The largest absolute Gasteiger partial charge is 0.357 e. The van der Waals surface area contributed by atoms with Gasteiger partial charge in [-0.3, -0.25) is 0 Å². The summed E-state index contributed by atoms with van der Waals surface area (Å²) in [6.45, 7) is 8.67. The lowest BCUT2D eigenvalue weighted by Crippen LogP contribution is -2.48. The second-order valence-corrected chi connectivity index (χ2v) is 6.73. The molecule has 1 aromatic carbocycles. The quantitative estimate of drug-likeness (QED) is 0.580. The fourth-order valence-corrected chi connectivity index (χ4v) is 3.11. The average molecular weight is 359 g/mol. The molecule has 1 fully saturated rings. The Hall–Kier alpha value is -2.13. The smallest absolute Gasteiger partial charge is 0.191 e. The Labute approximate surface area is 156 Å². The van der Waals surface area contributed by atoms with Crippen LogP contribution in [0, 0.1) is 17.1 Å². The zero-order valence-electron chi connectivity index (χ0n) is 15.9. The van der Waals surface area contributed by atoms with E-state index in [0.29, 0.717) is 17.2 Å². The van der Waals surface area contributed by atoms with E-state index in [1.165, 1.54) is 25.5 Å². The maximum atomic E-state index is 14.0. The molecule has 0 saturated carbocycles. The number of piperidine rings is 1. The first-order valence-electron chi connectivity index (χ1n) is 9.62. The van der Waals surface area contributed by atoms with Crippen LogP contribution < -0.4 is 10.6 Å². The first kappa shape index (κ1) is 20.2. The van der Waals surface area contributed by atoms with Gasteiger partial charge in [-0.1, -0.05) is 19.4 Å². The predicted molar refractivity (Wildman–Crippen MR) is 103 cm³/mol. The van der Waals surface area contributed by atoms with Crippen molar-refractivity contribution in [3.8, 4) is 6.07 Å². The third-order valence-electron chi connectivity index (χ3n) is 4.69. The maximum Gasteiger partial charge on any atom is 0.191 e. The predicted octanol–water partition coefficient (Wildman–Crippen LogP) is 3.02. The number of nitrogens with one attached hydrogen (secondary N) is 2. The fraction of sp³-hybridized carbons (Fsp3) is 0.600. The van der Waals surface area contributed by atoms with E-state index in [4.69, 9.17) is 5.26 Å². The highest BCUT2D eigenvalue weighted by Crippen LogP contribution is 2.13. The van der Waals surface area contributed by atoms with Crippen LogP contribution in [0.3, 0.4) is 0 Å². The first-order chi connectivity index (χ1) is 12.7. The second-order valence-electron chi connectivity index (χ2n) is 6.73. The van der Waals surface area contributed by atoms with E-state index in [1.54, 1.807) is 12.1 Å². The summed E-state index contributed by atoms with van der Waals surface area (Å²) in [6.07, 6.45) is 4.69. The van der Waals surface area contributed by atoms with Crippen LogP contribution in [0.15, 0.2) is 23.2 Å². The van der Waals surface area contributed by atoms with E-state index >= 15 is 0 Å². The molecule has 142 valence electrons. The summed E-state index contributed by atoms with van der Waals surface area (Å²) in [4.78, 5) is 7.05. The number of unbranched alkanes of at least 4 members (excludes halogenated alkanes) is 1. The molecule has 2 rings (SSSR count). The molecule has 0 unspecified atom stereocenters. The Bertz CT molecular complexity index is 630. The molecule has 1 aromatic rings. The van der Waals surface area contributed by atoms with Gasteiger partial charge in [-0.2, -0.15) is 5.26 Å². The van der Waals surface area contributed by atoms with E-state index in [1.807, 2.05) is 13.0 Å². The van der Waals surface area contributed by atoms with Crippen molar-refractivity contribution in [2.45, 2.75) is 52.1 Å². The van der Waals surface area contributed by atoms with Gasteiger partial charge in [0.2, 0.25) is 0 Å². The summed E-state index contributed by atoms with van der Waals surface area (Å²) in [5.74, 6) is 0.344. The first-order valence-corrected chi connectivity index (χ1v) is 9.62. The lowest BCUT2D eigenvalue weighted by molar-refractivity contribution is 0.203. The van der Waals surface area contributed by atoms with Crippen LogP contribution >= 0.6 is 0 Å². The standard InChI is InChI=1S/C20H30FN5/c1-3-5-10-26-11-8-18(9-12-26)25-20(23-4-2)24-15-17-7-6-16(14-22)13-19(17)21/h6-7,13,18H,3-5,8-12,15H2,1-2H3,(H2,23,24,25). The molecule has 0 bridgehead atoms. The van der Waals surface area contributed by atoms with E-state index in [9.17, 15) is 4.39 Å². The summed E-state index contributed by atoms with van der Waals surface area (Å²) in [6, 6.07) is 6.86. The third kappa shape index (κ3) is 6.30. The Morgan fingerprint density at radius 3 is 2.73 bits per heavy atom. The van der Waals surface area contributed by atoms with Gasteiger partial charge in [0.15, 0.2) is 5.96 Å². The molecule has 5 nitrogen and oxygen atoms in total. The van der Waals surface area contributed by atoms with Crippen LogP contribution in [0.5, 0.6) is 0 Å². The van der Waals surface area contributed by atoms with Gasteiger partial charge >= 0.3 is 0 Å². The molecule has 0 atom stereocenters. The average Bonchev–Trinajstić information content (AvgIpc) is 2.66. The highest BCUT2D eigenvalue weighted by Gasteiger charge is 2.19. The van der Waals surface area contributed by atoms with E-state index < -0.39 is 0 Å². The molecule has 1 heterocycles. The lowest BCUT2D eigenvalue weighted by Gasteiger charge is -2.33. The van der Waals surface area contributed by atoms with E-state index in [0.717, 1.165) is 38.4 Å². The zero-order valence-corrected chi connectivity index (χ0v) is 15.9. The molecule has 0 amide bonds. The van der Waals surface area contributed by atoms with Crippen molar-refractivity contribution >= 4 is 5.96 Å². The van der Waals surface area contributed by atoms with Gasteiger partial charge < -0.3 is 15.5 Å². The van der Waals surface area contributed by atoms with Crippen LogP contribution in [0.1, 0.15) is 50.7 Å². The van der Waals surface area contributed by atoms with Gasteiger partial charge in [0.25, 0.3) is 0 Å². The van der Waals surface area contributed by atoms with Crippen LogP contribution in [0.2, 0.25) is 0 Å². The SMILES string of the molecule is CCCCN1CCC(NC(=NCc2ccc(C#N)cc2F)NCC)CC1. The number of hydrogen-bond donors (Lipinski definition) is 2. The summed E-state index contributed by atoms with van der Waals surface area (Å²) in [5.41, 5.74) is 0.825. The van der Waals surface area contributed by atoms with Crippen molar-refractivity contribution in [3.63, 3.8) is 0 Å². The number of likely N-dealkylation sites (tertiary alicyclic amines) is 1. The zero-order chi connectivity index (χ0) is 18.8. The van der Waals surface area contributed by atoms with Gasteiger partial charge in [0.05, 0.1) is 18.2 Å². The monoisotopic (exact) mass is 359 g/mol. The number of benzene rings is 1. The maximum absolute atomic E-state index is 14.0. The topological polar surface area (TPSA) is 63.5 Å². The molecule has 2 N–H and O–H groups in total. The van der Waals surface area contributed by atoms with Gasteiger partial charge in [0, 0.05) is 31.2 Å². The minimum Gasteiger partial charge on any atom is -0.357 e. The molecule has 0 radical (unpaired) electrons. The molecule has 0 aliphatic carbocycles. The van der Waals surface area contributed by atoms with Crippen LogP contribution in [-0.2, 0) is 6.54 Å². The Kier molecular flexibility index (Phi) is 8.36. The molecular formula is C20H30FN5. The van der Waals surface area contributed by atoms with Crippen LogP contribution in [0.4, 0.5) is 4.39 Å². The van der Waals surface area contributed by atoms with Gasteiger partial charge in [-0.05, 0) is 44.9 Å².